The zero-order valence-corrected chi connectivity index (χ0v) is 21.5. The van der Waals surface area contributed by atoms with Gasteiger partial charge in [0.1, 0.15) is 11.9 Å². The summed E-state index contributed by atoms with van der Waals surface area (Å²) in [4.78, 5) is 27.3. The predicted octanol–water partition coefficient (Wildman–Crippen LogP) is 3.37. The van der Waals surface area contributed by atoms with Crippen molar-refractivity contribution < 1.29 is 9.53 Å². The van der Waals surface area contributed by atoms with Gasteiger partial charge < -0.3 is 9.64 Å². The number of halogens is 1. The first-order valence-corrected chi connectivity index (χ1v) is 12.3. The number of ether oxygens (including phenoxy) is 1. The summed E-state index contributed by atoms with van der Waals surface area (Å²) in [5.74, 6) is 0.956. The van der Waals surface area contributed by atoms with Crippen molar-refractivity contribution in [3.05, 3.63) is 57.2 Å². The second-order valence-corrected chi connectivity index (χ2v) is 10.6. The van der Waals surface area contributed by atoms with Crippen molar-refractivity contribution in [2.45, 2.75) is 58.6 Å². The first-order valence-electron chi connectivity index (χ1n) is 11.9. The van der Waals surface area contributed by atoms with Gasteiger partial charge in [-0.2, -0.15) is 0 Å². The van der Waals surface area contributed by atoms with E-state index in [-0.39, 0.29) is 17.8 Å². The van der Waals surface area contributed by atoms with Crippen LogP contribution in [0, 0.1) is 0 Å². The van der Waals surface area contributed by atoms with Crippen LogP contribution in [0.25, 0.3) is 16.7 Å². The van der Waals surface area contributed by atoms with Crippen LogP contribution in [0.2, 0.25) is 5.02 Å². The molecule has 4 aromatic rings. The molecule has 1 aliphatic rings. The van der Waals surface area contributed by atoms with Gasteiger partial charge >= 0.3 is 11.7 Å². The number of carbonyl (C=O) groups is 1. The predicted molar refractivity (Wildman–Crippen MR) is 137 cm³/mol. The second kappa shape index (κ2) is 9.16. The molecule has 1 fully saturated rings. The number of aromatic nitrogens is 6. The highest BCUT2D eigenvalue weighted by molar-refractivity contribution is 6.30. The van der Waals surface area contributed by atoms with E-state index in [1.807, 2.05) is 39.0 Å². The molecule has 0 bridgehead atoms. The SMILES string of the molecule is CC(=O)OC1CCN(c2cc3c(nn2)c2nnc(C(C)(C)C)n2c(=O)n3Cc2ccc(Cl)cc2)CC1. The molecule has 10 nitrogen and oxygen atoms in total. The molecule has 4 heterocycles. The number of rotatable bonds is 4. The standard InChI is InChI=1S/C25H28ClN7O3/c1-15(34)36-18-9-11-31(12-10-18)20-13-19-21(28-27-20)22-29-30-23(25(2,3)4)33(22)24(35)32(19)14-16-5-7-17(26)8-6-16/h5-8,13,18H,9-12,14H2,1-4H3. The second-order valence-electron chi connectivity index (χ2n) is 10.2. The van der Waals surface area contributed by atoms with E-state index < -0.39 is 5.41 Å². The molecule has 1 aromatic carbocycles. The van der Waals surface area contributed by atoms with E-state index in [0.29, 0.717) is 65.8 Å². The lowest BCUT2D eigenvalue weighted by atomic mass is 9.96. The maximum atomic E-state index is 13.9. The van der Waals surface area contributed by atoms with E-state index in [2.05, 4.69) is 25.3 Å². The summed E-state index contributed by atoms with van der Waals surface area (Å²) in [6.45, 7) is 9.06. The van der Waals surface area contributed by atoms with Gasteiger partial charge in [0, 0.05) is 49.4 Å². The number of piperidine rings is 1. The van der Waals surface area contributed by atoms with Crippen molar-refractivity contribution >= 4 is 40.1 Å². The molecule has 0 unspecified atom stereocenters. The van der Waals surface area contributed by atoms with Crippen LogP contribution < -0.4 is 10.6 Å². The Labute approximate surface area is 212 Å². The van der Waals surface area contributed by atoms with Crippen molar-refractivity contribution in [2.24, 2.45) is 0 Å². The minimum absolute atomic E-state index is 0.0957. The molecular formula is C25H28ClN7O3. The van der Waals surface area contributed by atoms with Gasteiger partial charge in [-0.3, -0.25) is 9.36 Å². The number of hydrogen-bond donors (Lipinski definition) is 0. The van der Waals surface area contributed by atoms with Crippen molar-refractivity contribution in [2.75, 3.05) is 18.0 Å². The summed E-state index contributed by atoms with van der Waals surface area (Å²) in [6, 6.07) is 9.30. The molecule has 5 rings (SSSR count). The van der Waals surface area contributed by atoms with Crippen molar-refractivity contribution in [1.82, 2.24) is 29.4 Å². The van der Waals surface area contributed by atoms with Gasteiger partial charge in [-0.05, 0) is 17.7 Å². The Bertz CT molecular complexity index is 1500. The number of fused-ring (bicyclic) bond motifs is 3. The molecule has 1 aliphatic heterocycles. The molecular weight excluding hydrogens is 482 g/mol. The highest BCUT2D eigenvalue weighted by atomic mass is 35.5. The van der Waals surface area contributed by atoms with E-state index in [1.165, 1.54) is 11.3 Å². The van der Waals surface area contributed by atoms with Gasteiger partial charge in [0.2, 0.25) is 0 Å². The third kappa shape index (κ3) is 4.53. The Hall–Kier alpha value is -3.53. The lowest BCUT2D eigenvalue weighted by Gasteiger charge is -2.32. The Kier molecular flexibility index (Phi) is 6.15. The maximum absolute atomic E-state index is 13.9. The van der Waals surface area contributed by atoms with E-state index in [4.69, 9.17) is 16.3 Å². The summed E-state index contributed by atoms with van der Waals surface area (Å²) >= 11 is 6.08. The number of benzene rings is 1. The van der Waals surface area contributed by atoms with Crippen LogP contribution in [0.5, 0.6) is 0 Å². The van der Waals surface area contributed by atoms with Gasteiger partial charge in [0.05, 0.1) is 12.1 Å². The van der Waals surface area contributed by atoms with Crippen molar-refractivity contribution in [3.63, 3.8) is 0 Å². The van der Waals surface area contributed by atoms with Gasteiger partial charge in [-0.1, -0.05) is 44.5 Å². The highest BCUT2D eigenvalue weighted by Crippen LogP contribution is 2.26. The molecule has 1 saturated heterocycles. The Balaban J connectivity index is 1.63. The lowest BCUT2D eigenvalue weighted by molar-refractivity contribution is -0.147. The fourth-order valence-electron chi connectivity index (χ4n) is 4.58. The quantitative estimate of drug-likeness (QED) is 0.385. The molecule has 0 N–H and O–H groups in total. The van der Waals surface area contributed by atoms with E-state index >= 15 is 0 Å². The fraction of sp³-hybridized carbons (Fsp3) is 0.440. The topological polar surface area (TPSA) is 108 Å². The molecule has 0 atom stereocenters. The third-order valence-corrected chi connectivity index (χ3v) is 6.62. The van der Waals surface area contributed by atoms with Crippen molar-refractivity contribution in [3.8, 4) is 0 Å². The molecule has 3 aromatic heterocycles. The molecule has 188 valence electrons. The molecule has 0 aliphatic carbocycles. The van der Waals surface area contributed by atoms with Gasteiger partial charge in [-0.25, -0.2) is 9.20 Å². The van der Waals surface area contributed by atoms with E-state index in [9.17, 15) is 9.59 Å². The summed E-state index contributed by atoms with van der Waals surface area (Å²) < 4.78 is 8.59. The Morgan fingerprint density at radius 2 is 1.78 bits per heavy atom. The lowest BCUT2D eigenvalue weighted by Crippen LogP contribution is -2.38. The molecule has 11 heteroatoms. The van der Waals surface area contributed by atoms with Crippen LogP contribution in [-0.2, 0) is 21.5 Å². The van der Waals surface area contributed by atoms with Crippen LogP contribution in [0.15, 0.2) is 35.1 Å². The number of esters is 1. The normalized spacial score (nSPS) is 15.1. The fourth-order valence-corrected chi connectivity index (χ4v) is 4.71. The van der Waals surface area contributed by atoms with Crippen LogP contribution in [-0.4, -0.2) is 54.5 Å². The molecule has 36 heavy (non-hydrogen) atoms. The number of hydrogen-bond acceptors (Lipinski definition) is 8. The maximum Gasteiger partial charge on any atom is 0.336 e. The zero-order chi connectivity index (χ0) is 25.6. The van der Waals surface area contributed by atoms with Gasteiger partial charge in [0.25, 0.3) is 0 Å². The highest BCUT2D eigenvalue weighted by Gasteiger charge is 2.27. The third-order valence-electron chi connectivity index (χ3n) is 6.37. The van der Waals surface area contributed by atoms with Crippen molar-refractivity contribution in [1.29, 1.82) is 0 Å². The Morgan fingerprint density at radius 3 is 2.42 bits per heavy atom. The first kappa shape index (κ1) is 24.2. The van der Waals surface area contributed by atoms with Crippen LogP contribution in [0.1, 0.15) is 51.9 Å². The molecule has 0 saturated carbocycles. The number of nitrogens with zero attached hydrogens (tertiary/aromatic N) is 7. The minimum Gasteiger partial charge on any atom is -0.462 e. The minimum atomic E-state index is -0.399. The average molecular weight is 510 g/mol. The summed E-state index contributed by atoms with van der Waals surface area (Å²) in [5, 5.41) is 18.3. The van der Waals surface area contributed by atoms with Crippen LogP contribution in [0.4, 0.5) is 5.82 Å². The molecule has 0 radical (unpaired) electrons. The smallest absolute Gasteiger partial charge is 0.336 e. The molecule has 0 spiro atoms. The average Bonchev–Trinajstić information content (AvgIpc) is 3.29. The monoisotopic (exact) mass is 509 g/mol. The number of carbonyl (C=O) groups excluding carboxylic acids is 1. The number of anilines is 1. The summed E-state index contributed by atoms with van der Waals surface area (Å²) in [6.07, 6.45) is 1.31. The van der Waals surface area contributed by atoms with Gasteiger partial charge in [0.15, 0.2) is 17.0 Å². The largest absolute Gasteiger partial charge is 0.462 e. The van der Waals surface area contributed by atoms with Crippen LogP contribution >= 0.6 is 11.6 Å². The van der Waals surface area contributed by atoms with E-state index in [0.717, 1.165) is 5.56 Å². The summed E-state index contributed by atoms with van der Waals surface area (Å²) in [7, 11) is 0. The summed E-state index contributed by atoms with van der Waals surface area (Å²) in [5.41, 5.74) is 1.81. The molecule has 0 amide bonds. The van der Waals surface area contributed by atoms with Crippen LogP contribution in [0.3, 0.4) is 0 Å². The van der Waals surface area contributed by atoms with Gasteiger partial charge in [-0.15, -0.1) is 20.4 Å². The Morgan fingerprint density at radius 1 is 1.08 bits per heavy atom. The zero-order valence-electron chi connectivity index (χ0n) is 20.7. The first-order chi connectivity index (χ1) is 17.1. The van der Waals surface area contributed by atoms with E-state index in [1.54, 1.807) is 16.7 Å².